The van der Waals surface area contributed by atoms with Crippen LogP contribution in [0, 0.1) is 24.2 Å². The molecule has 2 aliphatic rings. The second kappa shape index (κ2) is 32.8. The average molecular weight is 1040 g/mol. The summed E-state index contributed by atoms with van der Waals surface area (Å²) < 4.78 is 13.2. The van der Waals surface area contributed by atoms with Gasteiger partial charge in [0.25, 0.3) is 5.91 Å². The zero-order chi connectivity index (χ0) is 53.9. The van der Waals surface area contributed by atoms with Crippen LogP contribution < -0.4 is 24.6 Å². The summed E-state index contributed by atoms with van der Waals surface area (Å²) in [5, 5.41) is 12.7. The summed E-state index contributed by atoms with van der Waals surface area (Å²) in [6, 6.07) is 15.6. The molecule has 5 rings (SSSR count). The van der Waals surface area contributed by atoms with E-state index in [-0.39, 0.29) is 29.6 Å². The number of pyridine rings is 2. The molecule has 1 aromatic carbocycles. The van der Waals surface area contributed by atoms with Crippen molar-refractivity contribution in [2.45, 2.75) is 202 Å². The van der Waals surface area contributed by atoms with Crippen LogP contribution in [0.2, 0.25) is 0 Å². The number of hydrogen-bond acceptors (Lipinski definition) is 8. The molecule has 1 atom stereocenters. The number of quaternary nitrogens is 1. The normalized spacial score (nSPS) is 14.7. The van der Waals surface area contributed by atoms with Crippen molar-refractivity contribution >= 4 is 29.3 Å². The average Bonchev–Trinajstić information content (AvgIpc) is 4.27. The van der Waals surface area contributed by atoms with Gasteiger partial charge in [0.15, 0.2) is 0 Å². The van der Waals surface area contributed by atoms with E-state index in [1.54, 1.807) is 13.3 Å². The number of nitrogens with zero attached hydrogens (tertiary/aromatic N) is 5. The molecule has 3 heterocycles. The minimum atomic E-state index is -0.770. The molecule has 2 amide bonds. The first-order chi connectivity index (χ1) is 36.3. The zero-order valence-electron chi connectivity index (χ0n) is 48.0. The highest BCUT2D eigenvalue weighted by Gasteiger charge is 2.35. The van der Waals surface area contributed by atoms with Crippen LogP contribution in [0.15, 0.2) is 54.7 Å². The van der Waals surface area contributed by atoms with Gasteiger partial charge in [-0.15, -0.1) is 0 Å². The number of unbranched alkanes of at least 4 members (excludes halogenated alkanes) is 15. The van der Waals surface area contributed by atoms with Crippen molar-refractivity contribution < 1.29 is 33.4 Å². The fourth-order valence-electron chi connectivity index (χ4n) is 11.4. The Bertz CT molecular complexity index is 2120. The molecular weight excluding hydrogens is 937 g/mol. The van der Waals surface area contributed by atoms with Gasteiger partial charge in [-0.1, -0.05) is 110 Å². The van der Waals surface area contributed by atoms with Gasteiger partial charge in [0.1, 0.15) is 11.6 Å². The topological polar surface area (TPSA) is 134 Å². The molecule has 2 aromatic heterocycles. The van der Waals surface area contributed by atoms with E-state index in [2.05, 4.69) is 49.8 Å². The maximum atomic E-state index is 15.0. The summed E-state index contributed by atoms with van der Waals surface area (Å²) in [5.74, 6) is 2.11. The number of aryl methyl sites for hydroxylation is 1. The van der Waals surface area contributed by atoms with Crippen LogP contribution in [0.25, 0.3) is 0 Å². The quantitative estimate of drug-likeness (QED) is 0.0423. The zero-order valence-corrected chi connectivity index (χ0v) is 48.0. The summed E-state index contributed by atoms with van der Waals surface area (Å²) >= 11 is 0. The molecule has 1 saturated carbocycles. The SMILES string of the molecule is CC[N+](CC)(CC)CCCCNC(=O)CCCCCCCCCCCCCCCCCC(C)(C)CN(C(=O)c1ccc(OC)cc1N1CCC(COc2cc([C@@H](CC(=O)O)C3CC3)ccn2)CC1)c1cccc(C)n1. The fourth-order valence-corrected chi connectivity index (χ4v) is 11.4. The lowest BCUT2D eigenvalue weighted by Gasteiger charge is -2.36. The Morgan fingerprint density at radius 2 is 1.43 bits per heavy atom. The lowest BCUT2D eigenvalue weighted by molar-refractivity contribution is -0.923. The van der Waals surface area contributed by atoms with Crippen molar-refractivity contribution in [1.29, 1.82) is 0 Å². The number of ether oxygens (including phenoxy) is 2. The van der Waals surface area contributed by atoms with Crippen molar-refractivity contribution in [3.8, 4) is 11.6 Å². The van der Waals surface area contributed by atoms with E-state index < -0.39 is 5.97 Å². The summed E-state index contributed by atoms with van der Waals surface area (Å²) in [6.45, 7) is 21.7. The molecule has 12 heteroatoms. The molecule has 0 unspecified atom stereocenters. The molecule has 1 aliphatic carbocycles. The Morgan fingerprint density at radius 1 is 0.800 bits per heavy atom. The van der Waals surface area contributed by atoms with Gasteiger partial charge in [-0.05, 0) is 138 Å². The lowest BCUT2D eigenvalue weighted by atomic mass is 9.85. The Morgan fingerprint density at radius 3 is 2.01 bits per heavy atom. The molecule has 1 aliphatic heterocycles. The van der Waals surface area contributed by atoms with Gasteiger partial charge in [0.05, 0.1) is 57.6 Å². The molecule has 3 aromatic rings. The fraction of sp³-hybridized carbons (Fsp3) is 0.698. The Hall–Kier alpha value is -4.71. The molecule has 2 N–H and O–H groups in total. The summed E-state index contributed by atoms with van der Waals surface area (Å²) in [6.07, 6.45) is 28.7. The first-order valence-electron chi connectivity index (χ1n) is 29.9. The Labute approximate surface area is 454 Å². The number of carboxylic acid groups (broad SMARTS) is 1. The highest BCUT2D eigenvalue weighted by molar-refractivity contribution is 6.09. The van der Waals surface area contributed by atoms with E-state index in [0.29, 0.717) is 48.7 Å². The largest absolute Gasteiger partial charge is 0.497 e. The first-order valence-corrected chi connectivity index (χ1v) is 29.9. The van der Waals surface area contributed by atoms with Gasteiger partial charge in [-0.25, -0.2) is 9.97 Å². The molecule has 1 saturated heterocycles. The van der Waals surface area contributed by atoms with E-state index >= 15 is 0 Å². The van der Waals surface area contributed by atoms with E-state index in [0.717, 1.165) is 93.7 Å². The second-order valence-corrected chi connectivity index (χ2v) is 23.2. The number of rotatable bonds is 39. The van der Waals surface area contributed by atoms with Crippen molar-refractivity contribution in [2.24, 2.45) is 17.3 Å². The molecule has 12 nitrogen and oxygen atoms in total. The molecule has 0 radical (unpaired) electrons. The predicted octanol–water partition coefficient (Wildman–Crippen LogP) is 14.1. The van der Waals surface area contributed by atoms with Gasteiger partial charge >= 0.3 is 5.97 Å². The minimum absolute atomic E-state index is 0.000303. The highest BCUT2D eigenvalue weighted by Crippen LogP contribution is 2.45. The predicted molar refractivity (Wildman–Crippen MR) is 307 cm³/mol. The molecule has 418 valence electrons. The van der Waals surface area contributed by atoms with Crippen molar-refractivity contribution in [1.82, 2.24) is 15.3 Å². The van der Waals surface area contributed by atoms with Gasteiger partial charge in [0.2, 0.25) is 11.8 Å². The molecular formula is C63H101N6O6+. The Kier molecular flexibility index (Phi) is 26.7. The third kappa shape index (κ3) is 21.7. The van der Waals surface area contributed by atoms with Crippen LogP contribution in [0.5, 0.6) is 11.6 Å². The number of methoxy groups -OCH3 is 1. The molecule has 0 spiro atoms. The van der Waals surface area contributed by atoms with E-state index in [1.165, 1.54) is 121 Å². The number of benzene rings is 1. The minimum Gasteiger partial charge on any atom is -0.497 e. The maximum absolute atomic E-state index is 15.0. The third-order valence-corrected chi connectivity index (χ3v) is 16.8. The first kappa shape index (κ1) is 61.1. The number of aromatic nitrogens is 2. The smallest absolute Gasteiger partial charge is 0.303 e. The number of carbonyl (C=O) groups excluding carboxylic acids is 2. The van der Waals surface area contributed by atoms with Crippen molar-refractivity contribution in [3.05, 3.63) is 71.5 Å². The molecule has 2 fully saturated rings. The summed E-state index contributed by atoms with van der Waals surface area (Å²) in [7, 11) is 1.67. The van der Waals surface area contributed by atoms with Crippen LogP contribution in [-0.2, 0) is 9.59 Å². The van der Waals surface area contributed by atoms with E-state index in [4.69, 9.17) is 14.5 Å². The van der Waals surface area contributed by atoms with Crippen molar-refractivity contribution in [2.75, 3.05) is 75.9 Å². The van der Waals surface area contributed by atoms with Crippen LogP contribution in [0.4, 0.5) is 11.5 Å². The second-order valence-electron chi connectivity index (χ2n) is 23.2. The molecule has 0 bridgehead atoms. The summed E-state index contributed by atoms with van der Waals surface area (Å²) in [5.41, 5.74) is 3.30. The van der Waals surface area contributed by atoms with Gasteiger partial charge in [-0.3, -0.25) is 19.3 Å². The van der Waals surface area contributed by atoms with Crippen LogP contribution in [0.3, 0.4) is 0 Å². The third-order valence-electron chi connectivity index (χ3n) is 16.8. The van der Waals surface area contributed by atoms with Crippen molar-refractivity contribution in [3.63, 3.8) is 0 Å². The number of carbonyl (C=O) groups is 3. The molecule has 75 heavy (non-hydrogen) atoms. The number of carboxylic acids is 1. The van der Waals surface area contributed by atoms with E-state index in [1.807, 2.05) is 60.4 Å². The summed E-state index contributed by atoms with van der Waals surface area (Å²) in [4.78, 5) is 52.4. The lowest BCUT2D eigenvalue weighted by Crippen LogP contribution is -2.48. The maximum Gasteiger partial charge on any atom is 0.303 e. The van der Waals surface area contributed by atoms with E-state index in [9.17, 15) is 19.5 Å². The number of nitrogens with one attached hydrogen (secondary N) is 1. The van der Waals surface area contributed by atoms with Crippen LogP contribution in [0.1, 0.15) is 216 Å². The van der Waals surface area contributed by atoms with Gasteiger partial charge in [-0.2, -0.15) is 0 Å². The number of piperidine rings is 1. The van der Waals surface area contributed by atoms with Gasteiger partial charge in [0, 0.05) is 56.6 Å². The Balaban J connectivity index is 0.971. The standard InChI is InChI=1S/C63H100N6O6/c1-8-69(9-2,10-3)44-27-26-40-64-59(70)31-24-22-20-18-16-14-12-11-13-15-17-19-21-23-25-39-63(5,6)49-68(58-30-28-29-50(4)66-58)62(73)55-35-34-54(74-7)46-57(55)67-42-37-51(38-43-67)48-75-60-45-53(36-41-65-60)56(47-61(71)72)52-32-33-52/h28-30,34-36,41,45-46,51-52,56H,8-27,31-33,37-40,42-44,47-49H2,1-7H3,(H-,64,70,71,72)/p+1/t56-/m0/s1. The number of aliphatic carboxylic acids is 1. The monoisotopic (exact) mass is 1040 g/mol. The number of anilines is 2. The van der Waals surface area contributed by atoms with Gasteiger partial charge < -0.3 is 29.3 Å². The van der Waals surface area contributed by atoms with Crippen LogP contribution in [-0.4, -0.2) is 103 Å². The highest BCUT2D eigenvalue weighted by atomic mass is 16.5. The number of amides is 2. The van der Waals surface area contributed by atoms with Crippen LogP contribution >= 0.6 is 0 Å². The number of hydrogen-bond donors (Lipinski definition) is 2.